The second kappa shape index (κ2) is 5.83. The van der Waals surface area contributed by atoms with E-state index in [1.54, 1.807) is 0 Å². The molecule has 1 aromatic rings. The van der Waals surface area contributed by atoms with E-state index < -0.39 is 0 Å². The van der Waals surface area contributed by atoms with E-state index in [4.69, 9.17) is 0 Å². The Hall–Kier alpha value is -0.340. The normalized spacial score (nSPS) is 19.8. The van der Waals surface area contributed by atoms with Gasteiger partial charge in [0.25, 0.3) is 0 Å². The van der Waals surface area contributed by atoms with Gasteiger partial charge in [0.15, 0.2) is 0 Å². The van der Waals surface area contributed by atoms with Gasteiger partial charge in [-0.25, -0.2) is 0 Å². The highest BCUT2D eigenvalue weighted by molar-refractivity contribution is 7.07. The van der Waals surface area contributed by atoms with Gasteiger partial charge in [0.05, 0.1) is 0 Å². The molecular formula is C14H23NS. The molecule has 1 nitrogen and oxygen atoms in total. The van der Waals surface area contributed by atoms with Crippen LogP contribution in [0.4, 0.5) is 0 Å². The molecule has 0 amide bonds. The standard InChI is InChI=1S/C14H23NS/c1-15-12-14(7-3-2-4-8-14)9-5-13-6-10-16-11-13/h6,10-11,15H,2-5,7-9,12H2,1H3. The lowest BCUT2D eigenvalue weighted by molar-refractivity contribution is 0.171. The highest BCUT2D eigenvalue weighted by Crippen LogP contribution is 2.39. The van der Waals surface area contributed by atoms with Crippen molar-refractivity contribution in [3.63, 3.8) is 0 Å². The first-order chi connectivity index (χ1) is 7.85. The van der Waals surface area contributed by atoms with Gasteiger partial charge in [0.2, 0.25) is 0 Å². The first-order valence-electron chi connectivity index (χ1n) is 6.50. The van der Waals surface area contributed by atoms with Gasteiger partial charge in [-0.3, -0.25) is 0 Å². The van der Waals surface area contributed by atoms with Crippen molar-refractivity contribution in [1.82, 2.24) is 5.32 Å². The van der Waals surface area contributed by atoms with Crippen LogP contribution in [-0.4, -0.2) is 13.6 Å². The van der Waals surface area contributed by atoms with E-state index in [-0.39, 0.29) is 0 Å². The molecule has 0 atom stereocenters. The predicted molar refractivity (Wildman–Crippen MR) is 72.1 cm³/mol. The first kappa shape index (κ1) is 12.1. The van der Waals surface area contributed by atoms with Crippen molar-refractivity contribution in [3.05, 3.63) is 22.4 Å². The minimum Gasteiger partial charge on any atom is -0.319 e. The van der Waals surface area contributed by atoms with E-state index in [1.807, 2.05) is 11.3 Å². The van der Waals surface area contributed by atoms with E-state index in [9.17, 15) is 0 Å². The summed E-state index contributed by atoms with van der Waals surface area (Å²) in [6, 6.07) is 2.28. The summed E-state index contributed by atoms with van der Waals surface area (Å²) < 4.78 is 0. The minimum absolute atomic E-state index is 0.592. The van der Waals surface area contributed by atoms with Crippen LogP contribution >= 0.6 is 11.3 Å². The third kappa shape index (κ3) is 3.08. The van der Waals surface area contributed by atoms with E-state index in [0.717, 1.165) is 0 Å². The molecule has 0 aromatic carbocycles. The average molecular weight is 237 g/mol. The van der Waals surface area contributed by atoms with E-state index >= 15 is 0 Å². The summed E-state index contributed by atoms with van der Waals surface area (Å²) in [5, 5.41) is 7.91. The molecule has 0 aliphatic heterocycles. The fraction of sp³-hybridized carbons (Fsp3) is 0.714. The SMILES string of the molecule is CNCC1(CCc2ccsc2)CCCCC1. The molecule has 0 bridgehead atoms. The zero-order valence-corrected chi connectivity index (χ0v) is 11.1. The summed E-state index contributed by atoms with van der Waals surface area (Å²) in [4.78, 5) is 0. The second-order valence-corrected chi connectivity index (χ2v) is 6.00. The van der Waals surface area contributed by atoms with Crippen molar-refractivity contribution >= 4 is 11.3 Å². The molecule has 1 aliphatic rings. The molecule has 1 aliphatic carbocycles. The fourth-order valence-electron chi connectivity index (χ4n) is 3.04. The summed E-state index contributed by atoms with van der Waals surface area (Å²) in [6.07, 6.45) is 9.81. The van der Waals surface area contributed by atoms with E-state index in [0.29, 0.717) is 5.41 Å². The van der Waals surface area contributed by atoms with Crippen LogP contribution in [0.15, 0.2) is 16.8 Å². The van der Waals surface area contributed by atoms with Gasteiger partial charge < -0.3 is 5.32 Å². The van der Waals surface area contributed by atoms with Crippen LogP contribution in [0.1, 0.15) is 44.1 Å². The molecule has 0 saturated heterocycles. The third-order valence-electron chi connectivity index (χ3n) is 3.99. The summed E-state index contributed by atoms with van der Waals surface area (Å²) >= 11 is 1.82. The number of thiophene rings is 1. The lowest BCUT2D eigenvalue weighted by atomic mass is 9.70. The van der Waals surface area contributed by atoms with E-state index in [1.165, 1.54) is 57.1 Å². The topological polar surface area (TPSA) is 12.0 Å². The Morgan fingerprint density at radius 1 is 1.31 bits per heavy atom. The number of aryl methyl sites for hydroxylation is 1. The second-order valence-electron chi connectivity index (χ2n) is 5.22. The highest BCUT2D eigenvalue weighted by atomic mass is 32.1. The molecule has 2 rings (SSSR count). The molecule has 90 valence electrons. The van der Waals surface area contributed by atoms with Crippen LogP contribution in [0.5, 0.6) is 0 Å². The number of hydrogen-bond donors (Lipinski definition) is 1. The van der Waals surface area contributed by atoms with Crippen molar-refractivity contribution < 1.29 is 0 Å². The summed E-state index contributed by atoms with van der Waals surface area (Å²) in [5.41, 5.74) is 2.13. The van der Waals surface area contributed by atoms with Crippen molar-refractivity contribution in [1.29, 1.82) is 0 Å². The van der Waals surface area contributed by atoms with Crippen LogP contribution in [0.2, 0.25) is 0 Å². The van der Waals surface area contributed by atoms with Gasteiger partial charge in [0.1, 0.15) is 0 Å². The smallest absolute Gasteiger partial charge is 0.000492 e. The zero-order chi connectivity index (χ0) is 11.3. The number of hydrogen-bond acceptors (Lipinski definition) is 2. The Morgan fingerprint density at radius 2 is 2.12 bits per heavy atom. The molecule has 0 radical (unpaired) electrons. The Balaban J connectivity index is 1.91. The van der Waals surface area contributed by atoms with Gasteiger partial charge in [-0.1, -0.05) is 19.3 Å². The maximum absolute atomic E-state index is 3.41. The van der Waals surface area contributed by atoms with Crippen LogP contribution in [-0.2, 0) is 6.42 Å². The minimum atomic E-state index is 0.592. The molecule has 2 heteroatoms. The molecule has 1 fully saturated rings. The zero-order valence-electron chi connectivity index (χ0n) is 10.3. The van der Waals surface area contributed by atoms with Crippen LogP contribution in [0.3, 0.4) is 0 Å². The lowest BCUT2D eigenvalue weighted by Crippen LogP contribution is -2.35. The fourth-order valence-corrected chi connectivity index (χ4v) is 3.74. The molecule has 1 N–H and O–H groups in total. The first-order valence-corrected chi connectivity index (χ1v) is 7.45. The van der Waals surface area contributed by atoms with Gasteiger partial charge in [-0.2, -0.15) is 11.3 Å². The number of rotatable bonds is 5. The van der Waals surface area contributed by atoms with Crippen molar-refractivity contribution in [2.45, 2.75) is 44.9 Å². The molecule has 1 aromatic heterocycles. The maximum atomic E-state index is 3.41. The Labute approximate surface area is 103 Å². The van der Waals surface area contributed by atoms with Gasteiger partial charge >= 0.3 is 0 Å². The van der Waals surface area contributed by atoms with Crippen molar-refractivity contribution in [3.8, 4) is 0 Å². The van der Waals surface area contributed by atoms with Gasteiger partial charge in [0, 0.05) is 6.54 Å². The maximum Gasteiger partial charge on any atom is 0.000492 e. The summed E-state index contributed by atoms with van der Waals surface area (Å²) in [7, 11) is 2.10. The van der Waals surface area contributed by atoms with Gasteiger partial charge in [-0.05, 0) is 60.5 Å². The molecular weight excluding hydrogens is 214 g/mol. The summed E-state index contributed by atoms with van der Waals surface area (Å²) in [5.74, 6) is 0. The molecule has 0 unspecified atom stereocenters. The largest absolute Gasteiger partial charge is 0.319 e. The van der Waals surface area contributed by atoms with Crippen LogP contribution in [0, 0.1) is 5.41 Å². The monoisotopic (exact) mass is 237 g/mol. The molecule has 0 spiro atoms. The van der Waals surface area contributed by atoms with Gasteiger partial charge in [-0.15, -0.1) is 0 Å². The predicted octanol–water partition coefficient (Wildman–Crippen LogP) is 3.85. The van der Waals surface area contributed by atoms with Crippen molar-refractivity contribution in [2.24, 2.45) is 5.41 Å². The Kier molecular flexibility index (Phi) is 4.42. The quantitative estimate of drug-likeness (QED) is 0.820. The Bertz CT molecular complexity index is 280. The highest BCUT2D eigenvalue weighted by Gasteiger charge is 2.30. The van der Waals surface area contributed by atoms with Crippen molar-refractivity contribution in [2.75, 3.05) is 13.6 Å². The van der Waals surface area contributed by atoms with Crippen LogP contribution < -0.4 is 5.32 Å². The molecule has 1 saturated carbocycles. The van der Waals surface area contributed by atoms with Crippen LogP contribution in [0.25, 0.3) is 0 Å². The molecule has 16 heavy (non-hydrogen) atoms. The Morgan fingerprint density at radius 3 is 2.75 bits per heavy atom. The average Bonchev–Trinajstić information content (AvgIpc) is 2.81. The lowest BCUT2D eigenvalue weighted by Gasteiger charge is -2.37. The third-order valence-corrected chi connectivity index (χ3v) is 4.72. The summed E-state index contributed by atoms with van der Waals surface area (Å²) in [6.45, 7) is 1.21. The number of nitrogens with one attached hydrogen (secondary N) is 1. The van der Waals surface area contributed by atoms with E-state index in [2.05, 4.69) is 29.2 Å². The molecule has 1 heterocycles.